The van der Waals surface area contributed by atoms with Gasteiger partial charge < -0.3 is 14.8 Å². The maximum absolute atomic E-state index is 13.0. The second-order valence-corrected chi connectivity index (χ2v) is 12.1. The first-order valence-electron chi connectivity index (χ1n) is 15.9. The van der Waals surface area contributed by atoms with Crippen LogP contribution in [-0.4, -0.2) is 36.6 Å². The van der Waals surface area contributed by atoms with Crippen LogP contribution >= 0.6 is 0 Å². The van der Waals surface area contributed by atoms with Gasteiger partial charge in [-0.25, -0.2) is 4.79 Å². The third kappa shape index (κ3) is 14.5. The second kappa shape index (κ2) is 21.3. The number of unbranched alkanes of at least 4 members (excludes halogenated alkanes) is 12. The van der Waals surface area contributed by atoms with Gasteiger partial charge in [-0.1, -0.05) is 118 Å². The zero-order valence-corrected chi connectivity index (χ0v) is 25.3. The van der Waals surface area contributed by atoms with Gasteiger partial charge >= 0.3 is 11.9 Å². The highest BCUT2D eigenvalue weighted by Crippen LogP contribution is 2.36. The molecule has 0 aliphatic carbocycles. The largest absolute Gasteiger partial charge is 0.461 e. The third-order valence-electron chi connectivity index (χ3n) is 7.98. The molecule has 6 heteroatoms. The fraction of sp³-hybridized carbons (Fsp3) is 0.906. The molecule has 1 heterocycles. The summed E-state index contributed by atoms with van der Waals surface area (Å²) in [5, 5.41) is 2.63. The van der Waals surface area contributed by atoms with Gasteiger partial charge in [-0.3, -0.25) is 9.59 Å². The van der Waals surface area contributed by atoms with E-state index in [4.69, 9.17) is 9.47 Å². The summed E-state index contributed by atoms with van der Waals surface area (Å²) >= 11 is 0. The van der Waals surface area contributed by atoms with E-state index in [1.807, 2.05) is 13.8 Å². The molecule has 1 saturated heterocycles. The lowest BCUT2D eigenvalue weighted by molar-refractivity contribution is -0.195. The molecule has 0 saturated carbocycles. The Hall–Kier alpha value is -1.59. The Morgan fingerprint density at radius 2 is 1.39 bits per heavy atom. The fourth-order valence-corrected chi connectivity index (χ4v) is 5.62. The van der Waals surface area contributed by atoms with Gasteiger partial charge in [-0.2, -0.15) is 0 Å². The molecule has 0 aromatic carbocycles. The standard InChI is InChI=1S/C32H59NO5/c1-6-8-10-11-12-13-14-15-16-17-19-21-27(37-31(35)28(33-24-34)22-25(3)4)23-29-30(32(36)38-29)26(5)20-18-9-7-2/h24-30H,6-23H2,1-5H3,(H,33,34)/t26?,27-,28-,29-,30-/m0/s1. The van der Waals surface area contributed by atoms with Gasteiger partial charge in [0, 0.05) is 6.42 Å². The maximum atomic E-state index is 13.0. The zero-order chi connectivity index (χ0) is 28.2. The minimum Gasteiger partial charge on any atom is -0.461 e. The first kappa shape index (κ1) is 34.4. The van der Waals surface area contributed by atoms with E-state index >= 15 is 0 Å². The molecule has 0 aromatic rings. The zero-order valence-electron chi connectivity index (χ0n) is 25.3. The Bertz CT molecular complexity index is 637. The number of carbonyl (C=O) groups is 3. The Balaban J connectivity index is 2.59. The lowest BCUT2D eigenvalue weighted by Crippen LogP contribution is -2.50. The van der Waals surface area contributed by atoms with E-state index in [-0.39, 0.29) is 41.9 Å². The molecule has 0 bridgehead atoms. The van der Waals surface area contributed by atoms with Crippen molar-refractivity contribution < 1.29 is 23.9 Å². The summed E-state index contributed by atoms with van der Waals surface area (Å²) in [6.45, 7) is 10.6. The quantitative estimate of drug-likeness (QED) is 0.0727. The molecule has 38 heavy (non-hydrogen) atoms. The molecule has 1 fully saturated rings. The van der Waals surface area contributed by atoms with E-state index < -0.39 is 6.04 Å². The lowest BCUT2D eigenvalue weighted by atomic mass is 9.79. The van der Waals surface area contributed by atoms with Crippen LogP contribution in [0.1, 0.15) is 150 Å². The van der Waals surface area contributed by atoms with Crippen LogP contribution in [0, 0.1) is 17.8 Å². The summed E-state index contributed by atoms with van der Waals surface area (Å²) in [6.07, 6.45) is 20.4. The minimum absolute atomic E-state index is 0.107. The predicted octanol–water partition coefficient (Wildman–Crippen LogP) is 7.91. The van der Waals surface area contributed by atoms with Gasteiger partial charge in [0.05, 0.1) is 5.92 Å². The predicted molar refractivity (Wildman–Crippen MR) is 155 cm³/mol. The van der Waals surface area contributed by atoms with Crippen LogP contribution in [0.2, 0.25) is 0 Å². The Morgan fingerprint density at radius 1 is 0.868 bits per heavy atom. The van der Waals surface area contributed by atoms with Gasteiger partial charge in [0.1, 0.15) is 18.2 Å². The first-order chi connectivity index (χ1) is 18.3. The van der Waals surface area contributed by atoms with Crippen molar-refractivity contribution in [2.45, 2.75) is 168 Å². The Morgan fingerprint density at radius 3 is 1.92 bits per heavy atom. The Kier molecular flexibility index (Phi) is 19.3. The average Bonchev–Trinajstić information content (AvgIpc) is 2.86. The number of rotatable bonds is 25. The van der Waals surface area contributed by atoms with Gasteiger partial charge in [-0.05, 0) is 37.5 Å². The topological polar surface area (TPSA) is 81.7 Å². The van der Waals surface area contributed by atoms with Crippen LogP contribution in [0.15, 0.2) is 0 Å². The molecule has 222 valence electrons. The van der Waals surface area contributed by atoms with E-state index in [2.05, 4.69) is 26.1 Å². The van der Waals surface area contributed by atoms with Crippen LogP contribution < -0.4 is 5.32 Å². The van der Waals surface area contributed by atoms with Crippen molar-refractivity contribution in [3.63, 3.8) is 0 Å². The number of esters is 2. The van der Waals surface area contributed by atoms with Crippen molar-refractivity contribution in [2.24, 2.45) is 17.8 Å². The molecule has 1 aliphatic heterocycles. The molecule has 0 spiro atoms. The van der Waals surface area contributed by atoms with Crippen LogP contribution in [0.25, 0.3) is 0 Å². The van der Waals surface area contributed by atoms with E-state index in [0.29, 0.717) is 19.3 Å². The van der Waals surface area contributed by atoms with Gasteiger partial charge in [0.15, 0.2) is 0 Å². The van der Waals surface area contributed by atoms with Crippen molar-refractivity contribution in [3.8, 4) is 0 Å². The summed E-state index contributed by atoms with van der Waals surface area (Å²) < 4.78 is 11.5. The van der Waals surface area contributed by atoms with E-state index in [1.54, 1.807) is 0 Å². The van der Waals surface area contributed by atoms with Crippen LogP contribution in [0.4, 0.5) is 0 Å². The number of amides is 1. The number of carbonyl (C=O) groups excluding carboxylic acids is 3. The summed E-state index contributed by atoms with van der Waals surface area (Å²) in [5.74, 6) is -0.0661. The number of hydrogen-bond donors (Lipinski definition) is 1. The number of cyclic esters (lactones) is 1. The highest BCUT2D eigenvalue weighted by molar-refractivity contribution is 5.79. The van der Waals surface area contributed by atoms with Crippen molar-refractivity contribution >= 4 is 18.3 Å². The monoisotopic (exact) mass is 537 g/mol. The van der Waals surface area contributed by atoms with Crippen LogP contribution in [0.5, 0.6) is 0 Å². The molecule has 5 atom stereocenters. The fourth-order valence-electron chi connectivity index (χ4n) is 5.62. The van der Waals surface area contributed by atoms with Crippen molar-refractivity contribution in [3.05, 3.63) is 0 Å². The van der Waals surface area contributed by atoms with Gasteiger partial charge in [-0.15, -0.1) is 0 Å². The summed E-state index contributed by atoms with van der Waals surface area (Å²) in [4.78, 5) is 36.4. The van der Waals surface area contributed by atoms with Crippen molar-refractivity contribution in [1.82, 2.24) is 5.32 Å². The minimum atomic E-state index is -0.639. The summed E-state index contributed by atoms with van der Waals surface area (Å²) in [5.41, 5.74) is 0. The van der Waals surface area contributed by atoms with Gasteiger partial charge in [0.2, 0.25) is 6.41 Å². The lowest BCUT2D eigenvalue weighted by Gasteiger charge is -2.40. The second-order valence-electron chi connectivity index (χ2n) is 12.1. The molecule has 6 nitrogen and oxygen atoms in total. The van der Waals surface area contributed by atoms with E-state index in [0.717, 1.165) is 38.5 Å². The van der Waals surface area contributed by atoms with E-state index in [9.17, 15) is 14.4 Å². The number of nitrogens with one attached hydrogen (secondary N) is 1. The van der Waals surface area contributed by atoms with Gasteiger partial charge in [0.25, 0.3) is 0 Å². The van der Waals surface area contributed by atoms with Crippen molar-refractivity contribution in [1.29, 1.82) is 0 Å². The molecule has 0 radical (unpaired) electrons. The SMILES string of the molecule is CCCCCCCCCCCCC[C@@H](C[C@@H]1OC(=O)[C@H]1C(C)CCCCC)OC(=O)[C@H](CC(C)C)NC=O. The van der Waals surface area contributed by atoms with Crippen LogP contribution in [-0.2, 0) is 23.9 Å². The van der Waals surface area contributed by atoms with Crippen LogP contribution in [0.3, 0.4) is 0 Å². The third-order valence-corrected chi connectivity index (χ3v) is 7.98. The molecule has 1 unspecified atom stereocenters. The summed E-state index contributed by atoms with van der Waals surface area (Å²) in [6, 6.07) is -0.639. The van der Waals surface area contributed by atoms with Crippen molar-refractivity contribution in [2.75, 3.05) is 0 Å². The highest BCUT2D eigenvalue weighted by atomic mass is 16.6. The first-order valence-corrected chi connectivity index (χ1v) is 15.9. The van der Waals surface area contributed by atoms with E-state index in [1.165, 1.54) is 64.2 Å². The molecule has 1 aliphatic rings. The molecular weight excluding hydrogens is 478 g/mol. The molecule has 1 rings (SSSR count). The smallest absolute Gasteiger partial charge is 0.328 e. The molecule has 1 N–H and O–H groups in total. The highest BCUT2D eigenvalue weighted by Gasteiger charge is 2.46. The molecule has 1 amide bonds. The molecule has 0 aromatic heterocycles. The number of ether oxygens (including phenoxy) is 2. The average molecular weight is 538 g/mol. The summed E-state index contributed by atoms with van der Waals surface area (Å²) in [7, 11) is 0. The molecular formula is C32H59NO5. The normalized spacial score (nSPS) is 19.4. The maximum Gasteiger partial charge on any atom is 0.328 e. The number of hydrogen-bond acceptors (Lipinski definition) is 5. The Labute approximate surface area is 233 Å².